The van der Waals surface area contributed by atoms with Crippen LogP contribution in [-0.4, -0.2) is 9.96 Å². The predicted octanol–water partition coefficient (Wildman–Crippen LogP) is 2.19. The molecule has 1 atom stereocenters. The Morgan fingerprint density at radius 2 is 2.00 bits per heavy atom. The minimum Gasteiger partial charge on any atom is -0.326 e. The predicted molar refractivity (Wildman–Crippen MR) is 65.8 cm³/mol. The topological polar surface area (TPSA) is 43.1 Å². The number of nitrogens with two attached hydrogens (primary N) is 1. The van der Waals surface area contributed by atoms with Gasteiger partial charge in [-0.2, -0.15) is 0 Å². The lowest BCUT2D eigenvalue weighted by Crippen LogP contribution is -2.09. The Bertz CT molecular complexity index is 379. The van der Waals surface area contributed by atoms with Crippen molar-refractivity contribution in [2.75, 3.05) is 5.75 Å². The molecule has 1 rings (SSSR count). The third kappa shape index (κ3) is 3.68. The Hall–Kier alpha value is -0.740. The van der Waals surface area contributed by atoms with Gasteiger partial charge in [-0.15, -0.1) is 0 Å². The maximum absolute atomic E-state index is 13.8. The molecule has 0 fully saturated rings. The highest BCUT2D eigenvalue weighted by Crippen LogP contribution is 2.15. The van der Waals surface area contributed by atoms with Crippen LogP contribution in [0.15, 0.2) is 18.2 Å². The highest BCUT2D eigenvalue weighted by molar-refractivity contribution is 7.84. The summed E-state index contributed by atoms with van der Waals surface area (Å²) in [5.74, 6) is 0.938. The highest BCUT2D eigenvalue weighted by Gasteiger charge is 2.10. The molecule has 2 nitrogen and oxygen atoms in total. The normalized spacial score (nSPS) is 13.1. The number of hydrogen-bond donors (Lipinski definition) is 1. The van der Waals surface area contributed by atoms with Crippen molar-refractivity contribution in [1.29, 1.82) is 0 Å². The Morgan fingerprint density at radius 3 is 2.56 bits per heavy atom. The summed E-state index contributed by atoms with van der Waals surface area (Å²) in [4.78, 5) is 0. The second-order valence-electron chi connectivity index (χ2n) is 4.24. The van der Waals surface area contributed by atoms with Crippen molar-refractivity contribution in [3.63, 3.8) is 0 Å². The van der Waals surface area contributed by atoms with E-state index < -0.39 is 10.8 Å². The molecule has 0 spiro atoms. The van der Waals surface area contributed by atoms with Gasteiger partial charge in [0.25, 0.3) is 0 Å². The van der Waals surface area contributed by atoms with Crippen LogP contribution in [-0.2, 0) is 23.1 Å². The molecule has 0 amide bonds. The van der Waals surface area contributed by atoms with Crippen LogP contribution in [0.25, 0.3) is 0 Å². The van der Waals surface area contributed by atoms with E-state index in [0.717, 1.165) is 0 Å². The van der Waals surface area contributed by atoms with Gasteiger partial charge in [0.15, 0.2) is 0 Å². The quantitative estimate of drug-likeness (QED) is 0.861. The molecule has 2 N–H and O–H groups in total. The zero-order valence-corrected chi connectivity index (χ0v) is 10.5. The Kier molecular flexibility index (Phi) is 5.09. The molecule has 1 unspecified atom stereocenters. The monoisotopic (exact) mass is 243 g/mol. The molecule has 0 aliphatic heterocycles. The zero-order chi connectivity index (χ0) is 12.1. The minimum atomic E-state index is -1.00. The van der Waals surface area contributed by atoms with E-state index in [1.807, 2.05) is 13.8 Å². The summed E-state index contributed by atoms with van der Waals surface area (Å²) < 4.78 is 25.4. The van der Waals surface area contributed by atoms with Crippen molar-refractivity contribution in [2.45, 2.75) is 26.1 Å². The van der Waals surface area contributed by atoms with E-state index in [2.05, 4.69) is 0 Å². The van der Waals surface area contributed by atoms with E-state index in [4.69, 9.17) is 5.73 Å². The van der Waals surface area contributed by atoms with Crippen molar-refractivity contribution < 1.29 is 8.60 Å². The van der Waals surface area contributed by atoms with Crippen LogP contribution in [0.5, 0.6) is 0 Å². The summed E-state index contributed by atoms with van der Waals surface area (Å²) in [7, 11) is -1.00. The van der Waals surface area contributed by atoms with Crippen LogP contribution in [0, 0.1) is 11.7 Å². The van der Waals surface area contributed by atoms with E-state index in [0.29, 0.717) is 22.8 Å². The molecule has 0 aliphatic rings. The molecule has 90 valence electrons. The first-order valence-corrected chi connectivity index (χ1v) is 6.84. The fourth-order valence-corrected chi connectivity index (χ4v) is 2.94. The van der Waals surface area contributed by atoms with Crippen molar-refractivity contribution in [3.05, 3.63) is 35.1 Å². The van der Waals surface area contributed by atoms with Crippen molar-refractivity contribution in [2.24, 2.45) is 11.7 Å². The van der Waals surface area contributed by atoms with Gasteiger partial charge in [0, 0.05) is 34.2 Å². The van der Waals surface area contributed by atoms with Gasteiger partial charge >= 0.3 is 0 Å². The first kappa shape index (κ1) is 13.3. The summed E-state index contributed by atoms with van der Waals surface area (Å²) in [6.07, 6.45) is 0. The van der Waals surface area contributed by atoms with Crippen molar-refractivity contribution in [3.8, 4) is 0 Å². The van der Waals surface area contributed by atoms with Crippen LogP contribution in [0.3, 0.4) is 0 Å². The first-order chi connectivity index (χ1) is 7.54. The van der Waals surface area contributed by atoms with Gasteiger partial charge in [-0.05, 0) is 5.92 Å². The lowest BCUT2D eigenvalue weighted by atomic mass is 10.1. The largest absolute Gasteiger partial charge is 0.326 e. The van der Waals surface area contributed by atoms with Crippen LogP contribution < -0.4 is 5.73 Å². The highest BCUT2D eigenvalue weighted by atomic mass is 32.2. The van der Waals surface area contributed by atoms with Gasteiger partial charge < -0.3 is 5.73 Å². The van der Waals surface area contributed by atoms with Gasteiger partial charge in [-0.3, -0.25) is 4.21 Å². The Morgan fingerprint density at radius 1 is 1.38 bits per heavy atom. The molecule has 4 heteroatoms. The van der Waals surface area contributed by atoms with Crippen molar-refractivity contribution >= 4 is 10.8 Å². The lowest BCUT2D eigenvalue weighted by molar-refractivity contribution is 0.598. The standard InChI is InChI=1S/C12H18FNOS/c1-9(2)7-16(15)8-11-5-3-4-10(6-14)12(11)13/h3-5,9H,6-8,14H2,1-2H3. The van der Waals surface area contributed by atoms with Gasteiger partial charge in [-0.25, -0.2) is 4.39 Å². The SMILES string of the molecule is CC(C)CS(=O)Cc1cccc(CN)c1F. The third-order valence-corrected chi connectivity index (χ3v) is 3.89. The second-order valence-corrected chi connectivity index (χ2v) is 5.74. The molecular weight excluding hydrogens is 225 g/mol. The van der Waals surface area contributed by atoms with E-state index in [1.54, 1.807) is 18.2 Å². The van der Waals surface area contributed by atoms with Crippen LogP contribution in [0.2, 0.25) is 0 Å². The summed E-state index contributed by atoms with van der Waals surface area (Å²) in [6.45, 7) is 4.19. The molecule has 0 bridgehead atoms. The molecule has 1 aromatic carbocycles. The molecule has 0 saturated heterocycles. The van der Waals surface area contributed by atoms with E-state index >= 15 is 0 Å². The van der Waals surface area contributed by atoms with Gasteiger partial charge in [0.2, 0.25) is 0 Å². The Labute approximate surface area is 98.5 Å². The maximum atomic E-state index is 13.8. The molecular formula is C12H18FNOS. The molecule has 0 saturated carbocycles. The smallest absolute Gasteiger partial charge is 0.131 e. The van der Waals surface area contributed by atoms with Gasteiger partial charge in [0.05, 0.1) is 5.75 Å². The average Bonchev–Trinajstić information content (AvgIpc) is 2.20. The molecule has 0 heterocycles. The van der Waals surface area contributed by atoms with Crippen LogP contribution in [0.4, 0.5) is 4.39 Å². The number of hydrogen-bond acceptors (Lipinski definition) is 2. The number of halogens is 1. The summed E-state index contributed by atoms with van der Waals surface area (Å²) in [5, 5.41) is 0. The zero-order valence-electron chi connectivity index (χ0n) is 9.70. The molecule has 16 heavy (non-hydrogen) atoms. The van der Waals surface area contributed by atoms with Crippen molar-refractivity contribution in [1.82, 2.24) is 0 Å². The first-order valence-electron chi connectivity index (χ1n) is 5.36. The summed E-state index contributed by atoms with van der Waals surface area (Å²) in [5.41, 5.74) is 6.40. The fraction of sp³-hybridized carbons (Fsp3) is 0.500. The third-order valence-electron chi connectivity index (χ3n) is 2.21. The minimum absolute atomic E-state index is 0.177. The Balaban J connectivity index is 2.77. The van der Waals surface area contributed by atoms with Crippen LogP contribution in [0.1, 0.15) is 25.0 Å². The summed E-state index contributed by atoms with van der Waals surface area (Å²) >= 11 is 0. The lowest BCUT2D eigenvalue weighted by Gasteiger charge is -2.08. The van der Waals surface area contributed by atoms with E-state index in [1.165, 1.54) is 0 Å². The van der Waals surface area contributed by atoms with E-state index in [-0.39, 0.29) is 18.1 Å². The van der Waals surface area contributed by atoms with E-state index in [9.17, 15) is 8.60 Å². The van der Waals surface area contributed by atoms with Gasteiger partial charge in [-0.1, -0.05) is 32.0 Å². The molecule has 1 aromatic rings. The van der Waals surface area contributed by atoms with Crippen LogP contribution >= 0.6 is 0 Å². The number of rotatable bonds is 5. The molecule has 0 aliphatic carbocycles. The molecule has 0 aromatic heterocycles. The second kappa shape index (κ2) is 6.11. The fourth-order valence-electron chi connectivity index (χ4n) is 1.51. The molecule has 0 radical (unpaired) electrons. The average molecular weight is 243 g/mol. The van der Waals surface area contributed by atoms with Gasteiger partial charge in [0.1, 0.15) is 5.82 Å². The number of benzene rings is 1. The maximum Gasteiger partial charge on any atom is 0.131 e. The summed E-state index contributed by atoms with van der Waals surface area (Å²) in [6, 6.07) is 5.09.